The fourth-order valence-electron chi connectivity index (χ4n) is 2.31. The average Bonchev–Trinajstić information content (AvgIpc) is 2.67. The van der Waals surface area contributed by atoms with E-state index in [9.17, 15) is 4.79 Å². The van der Waals surface area contributed by atoms with E-state index in [-0.39, 0.29) is 17.5 Å². The Morgan fingerprint density at radius 2 is 2.31 bits per heavy atom. The van der Waals surface area contributed by atoms with Crippen LogP contribution in [0.15, 0.2) is 0 Å². The molecule has 92 valence electrons. The van der Waals surface area contributed by atoms with Crippen molar-refractivity contribution in [3.8, 4) is 0 Å². The first-order valence-electron chi connectivity index (χ1n) is 5.90. The van der Waals surface area contributed by atoms with Gasteiger partial charge in [-0.05, 0) is 33.4 Å². The third-order valence-corrected chi connectivity index (χ3v) is 4.80. The Morgan fingerprint density at radius 3 is 2.75 bits per heavy atom. The van der Waals surface area contributed by atoms with Crippen molar-refractivity contribution in [3.05, 3.63) is 0 Å². The monoisotopic (exact) mass is 243 g/mol. The normalized spacial score (nSPS) is 27.8. The number of nitrogens with zero attached hydrogens (tertiary/aromatic N) is 1. The van der Waals surface area contributed by atoms with E-state index in [0.29, 0.717) is 0 Å². The van der Waals surface area contributed by atoms with Gasteiger partial charge in [-0.25, -0.2) is 0 Å². The van der Waals surface area contributed by atoms with E-state index in [0.717, 1.165) is 18.2 Å². The van der Waals surface area contributed by atoms with Crippen LogP contribution in [0.25, 0.3) is 0 Å². The second-order valence-corrected chi connectivity index (χ2v) is 5.99. The molecule has 1 unspecified atom stereocenters. The van der Waals surface area contributed by atoms with Crippen molar-refractivity contribution in [1.29, 1.82) is 0 Å². The first kappa shape index (κ1) is 12.2. The van der Waals surface area contributed by atoms with Gasteiger partial charge in [-0.2, -0.15) is 0 Å². The molecule has 0 spiro atoms. The van der Waals surface area contributed by atoms with Crippen LogP contribution >= 0.6 is 11.8 Å². The first-order valence-corrected chi connectivity index (χ1v) is 7.06. The van der Waals surface area contributed by atoms with E-state index in [2.05, 4.69) is 29.6 Å². The molecule has 1 amide bonds. The van der Waals surface area contributed by atoms with E-state index in [1.165, 1.54) is 19.3 Å². The van der Waals surface area contributed by atoms with Gasteiger partial charge < -0.3 is 10.2 Å². The third-order valence-electron chi connectivity index (χ3n) is 3.86. The lowest BCUT2D eigenvalue weighted by Crippen LogP contribution is -2.58. The second-order valence-electron chi connectivity index (χ2n) is 4.96. The van der Waals surface area contributed by atoms with Crippen molar-refractivity contribution in [2.45, 2.75) is 30.8 Å². The van der Waals surface area contributed by atoms with Gasteiger partial charge >= 0.3 is 0 Å². The zero-order valence-corrected chi connectivity index (χ0v) is 10.9. The molecular formula is C11H21N3OS. The highest BCUT2D eigenvalue weighted by Crippen LogP contribution is 2.35. The number of rotatable bonds is 4. The van der Waals surface area contributed by atoms with Crippen molar-refractivity contribution < 1.29 is 4.79 Å². The molecule has 0 aromatic rings. The molecule has 2 rings (SSSR count). The van der Waals surface area contributed by atoms with Crippen molar-refractivity contribution >= 4 is 17.7 Å². The van der Waals surface area contributed by atoms with Crippen molar-refractivity contribution in [2.75, 3.05) is 32.3 Å². The van der Waals surface area contributed by atoms with Crippen LogP contribution < -0.4 is 10.6 Å². The van der Waals surface area contributed by atoms with Crippen LogP contribution in [0.1, 0.15) is 19.3 Å². The second kappa shape index (κ2) is 4.94. The molecule has 1 atom stereocenters. The predicted molar refractivity (Wildman–Crippen MR) is 67.5 cm³/mol. The molecule has 2 fully saturated rings. The molecule has 1 aliphatic heterocycles. The fourth-order valence-corrected chi connectivity index (χ4v) is 3.25. The number of carbonyl (C=O) groups excluding carboxylic acids is 1. The molecule has 2 aliphatic rings. The first-order chi connectivity index (χ1) is 7.64. The Bertz CT molecular complexity index is 260. The summed E-state index contributed by atoms with van der Waals surface area (Å²) in [5.74, 6) is 1.97. The minimum absolute atomic E-state index is 0.0179. The fraction of sp³-hybridized carbons (Fsp3) is 0.909. The Balaban J connectivity index is 1.79. The van der Waals surface area contributed by atoms with E-state index in [4.69, 9.17) is 0 Å². The van der Waals surface area contributed by atoms with Crippen LogP contribution in [0.2, 0.25) is 0 Å². The lowest BCUT2D eigenvalue weighted by molar-refractivity contribution is -0.123. The quantitative estimate of drug-likeness (QED) is 0.743. The summed E-state index contributed by atoms with van der Waals surface area (Å²) in [5, 5.41) is 6.29. The SMILES string of the molecule is CN(C)C1(CNC(=O)C2CSCN2)CCC1. The van der Waals surface area contributed by atoms with Gasteiger partial charge in [0.25, 0.3) is 0 Å². The number of thioether (sulfide) groups is 1. The number of hydrogen-bond donors (Lipinski definition) is 2. The Hall–Kier alpha value is -0.260. The molecule has 0 aromatic heterocycles. The Morgan fingerprint density at radius 1 is 1.56 bits per heavy atom. The molecule has 4 nitrogen and oxygen atoms in total. The maximum Gasteiger partial charge on any atom is 0.238 e. The van der Waals surface area contributed by atoms with E-state index in [1.807, 2.05) is 0 Å². The van der Waals surface area contributed by atoms with E-state index < -0.39 is 0 Å². The summed E-state index contributed by atoms with van der Waals surface area (Å²) in [6.07, 6.45) is 3.69. The highest BCUT2D eigenvalue weighted by Gasteiger charge is 2.39. The summed E-state index contributed by atoms with van der Waals surface area (Å²) in [6, 6.07) is 0.0179. The van der Waals surface area contributed by atoms with E-state index >= 15 is 0 Å². The molecule has 16 heavy (non-hydrogen) atoms. The summed E-state index contributed by atoms with van der Waals surface area (Å²) in [4.78, 5) is 14.1. The minimum Gasteiger partial charge on any atom is -0.353 e. The molecule has 1 aliphatic carbocycles. The summed E-state index contributed by atoms with van der Waals surface area (Å²) in [6.45, 7) is 0.793. The predicted octanol–water partition coefficient (Wildman–Crippen LogP) is 0.249. The number of carbonyl (C=O) groups is 1. The summed E-state index contributed by atoms with van der Waals surface area (Å²) < 4.78 is 0. The van der Waals surface area contributed by atoms with Crippen molar-refractivity contribution in [3.63, 3.8) is 0 Å². The van der Waals surface area contributed by atoms with Gasteiger partial charge in [0.1, 0.15) is 0 Å². The van der Waals surface area contributed by atoms with Gasteiger partial charge in [0.2, 0.25) is 5.91 Å². The summed E-state index contributed by atoms with van der Waals surface area (Å²) in [7, 11) is 4.21. The van der Waals surface area contributed by atoms with Crippen molar-refractivity contribution in [1.82, 2.24) is 15.5 Å². The molecule has 1 saturated carbocycles. The molecule has 1 heterocycles. The van der Waals surface area contributed by atoms with Crippen LogP contribution in [0.4, 0.5) is 0 Å². The van der Waals surface area contributed by atoms with Gasteiger partial charge in [-0.3, -0.25) is 10.1 Å². The zero-order valence-electron chi connectivity index (χ0n) is 10.1. The largest absolute Gasteiger partial charge is 0.353 e. The van der Waals surface area contributed by atoms with E-state index in [1.54, 1.807) is 11.8 Å². The zero-order chi connectivity index (χ0) is 11.6. The van der Waals surface area contributed by atoms with Crippen LogP contribution in [0.5, 0.6) is 0 Å². The average molecular weight is 243 g/mol. The van der Waals surface area contributed by atoms with Gasteiger partial charge in [-0.1, -0.05) is 0 Å². The molecular weight excluding hydrogens is 222 g/mol. The highest BCUT2D eigenvalue weighted by molar-refractivity contribution is 7.99. The topological polar surface area (TPSA) is 44.4 Å². The molecule has 2 N–H and O–H groups in total. The molecule has 0 bridgehead atoms. The Labute approximate surface area is 102 Å². The van der Waals surface area contributed by atoms with Gasteiger partial charge in [0, 0.05) is 23.7 Å². The third kappa shape index (κ3) is 2.36. The number of nitrogens with one attached hydrogen (secondary N) is 2. The maximum atomic E-state index is 11.8. The number of hydrogen-bond acceptors (Lipinski definition) is 4. The molecule has 5 heteroatoms. The Kier molecular flexibility index (Phi) is 3.77. The van der Waals surface area contributed by atoms with Crippen LogP contribution in [0, 0.1) is 0 Å². The van der Waals surface area contributed by atoms with Gasteiger partial charge in [0.15, 0.2) is 0 Å². The summed E-state index contributed by atoms with van der Waals surface area (Å²) >= 11 is 1.79. The van der Waals surface area contributed by atoms with Gasteiger partial charge in [-0.15, -0.1) is 11.8 Å². The smallest absolute Gasteiger partial charge is 0.238 e. The van der Waals surface area contributed by atoms with Crippen LogP contribution in [-0.2, 0) is 4.79 Å². The maximum absolute atomic E-state index is 11.8. The molecule has 1 saturated heterocycles. The lowest BCUT2D eigenvalue weighted by Gasteiger charge is -2.47. The van der Waals surface area contributed by atoms with Gasteiger partial charge in [0.05, 0.1) is 6.04 Å². The highest BCUT2D eigenvalue weighted by atomic mass is 32.2. The molecule has 0 aromatic carbocycles. The number of likely N-dealkylation sites (N-methyl/N-ethyl adjacent to an activating group) is 1. The minimum atomic E-state index is 0.0179. The lowest BCUT2D eigenvalue weighted by atomic mass is 9.75. The van der Waals surface area contributed by atoms with Crippen LogP contribution in [-0.4, -0.2) is 54.7 Å². The standard InChI is InChI=1S/C11H21N3OS/c1-14(2)11(4-3-5-11)7-12-10(15)9-6-16-8-13-9/h9,13H,3-8H2,1-2H3,(H,12,15). The van der Waals surface area contributed by atoms with Crippen LogP contribution in [0.3, 0.4) is 0 Å². The number of amides is 1. The summed E-state index contributed by atoms with van der Waals surface area (Å²) in [5.41, 5.74) is 0.224. The van der Waals surface area contributed by atoms with Crippen molar-refractivity contribution in [2.24, 2.45) is 0 Å². The molecule has 0 radical (unpaired) electrons.